The lowest BCUT2D eigenvalue weighted by Gasteiger charge is -2.27. The summed E-state index contributed by atoms with van der Waals surface area (Å²) in [5, 5.41) is 4.56. The van der Waals surface area contributed by atoms with Crippen molar-refractivity contribution in [3.63, 3.8) is 0 Å². The first-order chi connectivity index (χ1) is 16.8. The Morgan fingerprint density at radius 2 is 1.69 bits per heavy atom. The number of hydrogen-bond acceptors (Lipinski definition) is 6. The zero-order chi connectivity index (χ0) is 25.3. The van der Waals surface area contributed by atoms with Gasteiger partial charge < -0.3 is 15.0 Å². The van der Waals surface area contributed by atoms with Crippen LogP contribution in [0.5, 0.6) is 0 Å². The Balaban J connectivity index is 1.83. The first-order valence-electron chi connectivity index (χ1n) is 11.0. The fourth-order valence-electron chi connectivity index (χ4n) is 3.42. The highest BCUT2D eigenvalue weighted by Gasteiger charge is 2.28. The molecule has 0 unspecified atom stereocenters. The zero-order valence-electron chi connectivity index (χ0n) is 19.7. The molecule has 1 heterocycles. The number of amides is 2. The third kappa shape index (κ3) is 7.72. The van der Waals surface area contributed by atoms with E-state index in [1.54, 1.807) is 16.2 Å². The van der Waals surface area contributed by atoms with E-state index in [2.05, 4.69) is 5.32 Å². The first kappa shape index (κ1) is 26.6. The molecule has 8 nitrogen and oxygen atoms in total. The van der Waals surface area contributed by atoms with Crippen LogP contribution >= 0.6 is 11.3 Å². The number of nitrogens with one attached hydrogen (secondary N) is 1. The normalized spacial score (nSPS) is 11.4. The molecule has 0 saturated carbocycles. The number of nitrogens with zero attached hydrogens (tertiary/aromatic N) is 2. The smallest absolute Gasteiger partial charge is 0.243 e. The van der Waals surface area contributed by atoms with Crippen LogP contribution in [0.25, 0.3) is 0 Å². The van der Waals surface area contributed by atoms with Gasteiger partial charge in [-0.05, 0) is 41.3 Å². The molecule has 0 spiro atoms. The number of methoxy groups -OCH3 is 1. The minimum atomic E-state index is -3.99. The molecule has 0 atom stereocenters. The topological polar surface area (TPSA) is 96.0 Å². The van der Waals surface area contributed by atoms with Gasteiger partial charge in [0.2, 0.25) is 21.8 Å². The summed E-state index contributed by atoms with van der Waals surface area (Å²) in [4.78, 5) is 27.4. The van der Waals surface area contributed by atoms with Crippen molar-refractivity contribution in [2.75, 3.05) is 32.1 Å². The van der Waals surface area contributed by atoms with E-state index in [4.69, 9.17) is 4.74 Å². The number of benzene rings is 2. The molecule has 1 N–H and O–H groups in total. The lowest BCUT2D eigenvalue weighted by Crippen LogP contribution is -2.43. The molecule has 0 saturated heterocycles. The minimum absolute atomic E-state index is 0.0240. The van der Waals surface area contributed by atoms with Gasteiger partial charge in [-0.3, -0.25) is 9.59 Å². The second-order valence-electron chi connectivity index (χ2n) is 7.85. The summed E-state index contributed by atoms with van der Waals surface area (Å²) in [6, 6.07) is 19.3. The van der Waals surface area contributed by atoms with E-state index in [9.17, 15) is 18.0 Å². The van der Waals surface area contributed by atoms with Gasteiger partial charge in [-0.15, -0.1) is 11.3 Å². The number of anilines is 1. The van der Waals surface area contributed by atoms with Crippen LogP contribution in [0.15, 0.2) is 77.0 Å². The summed E-state index contributed by atoms with van der Waals surface area (Å²) < 4.78 is 33.1. The monoisotopic (exact) mass is 515 g/mol. The molecule has 3 rings (SSSR count). The Hall–Kier alpha value is -3.05. The highest BCUT2D eigenvalue weighted by Crippen LogP contribution is 2.20. The molecule has 3 aromatic rings. The van der Waals surface area contributed by atoms with E-state index in [-0.39, 0.29) is 36.4 Å². The van der Waals surface area contributed by atoms with E-state index in [1.165, 1.54) is 38.3 Å². The Morgan fingerprint density at radius 3 is 2.29 bits per heavy atom. The molecular weight excluding hydrogens is 486 g/mol. The van der Waals surface area contributed by atoms with Crippen LogP contribution in [0.2, 0.25) is 0 Å². The molecule has 0 aliphatic heterocycles. The summed E-state index contributed by atoms with van der Waals surface area (Å²) in [7, 11) is -2.51. The summed E-state index contributed by atoms with van der Waals surface area (Å²) in [5.41, 5.74) is 1.44. The standard InChI is InChI=1S/C25H29N3O5S2/c1-20(29)26-22-10-12-24(13-11-22)35(31,32)28(14-15-33-2)19-25(30)27(18-23-9-6-16-34-23)17-21-7-4-3-5-8-21/h3-13,16H,14-15,17-19H2,1-2H3,(H,26,29). The zero-order valence-corrected chi connectivity index (χ0v) is 21.3. The van der Waals surface area contributed by atoms with Crippen LogP contribution in [0.3, 0.4) is 0 Å². The maximum absolute atomic E-state index is 13.4. The molecular formula is C25H29N3O5S2. The van der Waals surface area contributed by atoms with Gasteiger partial charge in [0.05, 0.1) is 24.6 Å². The average molecular weight is 516 g/mol. The van der Waals surface area contributed by atoms with Gasteiger partial charge in [-0.1, -0.05) is 36.4 Å². The molecule has 0 fully saturated rings. The predicted octanol–water partition coefficient (Wildman–Crippen LogP) is 3.57. The van der Waals surface area contributed by atoms with Gasteiger partial charge in [0.15, 0.2) is 0 Å². The maximum atomic E-state index is 13.4. The Bertz CT molecular complexity index is 1200. The fourth-order valence-corrected chi connectivity index (χ4v) is 5.51. The second-order valence-corrected chi connectivity index (χ2v) is 10.8. The van der Waals surface area contributed by atoms with Crippen molar-refractivity contribution >= 4 is 38.9 Å². The number of rotatable bonds is 12. The van der Waals surface area contributed by atoms with Crippen molar-refractivity contribution < 1.29 is 22.7 Å². The summed E-state index contributed by atoms with van der Waals surface area (Å²) in [6.45, 7) is 1.96. The van der Waals surface area contributed by atoms with Crippen molar-refractivity contribution in [2.24, 2.45) is 0 Å². The van der Waals surface area contributed by atoms with Gasteiger partial charge in [0.1, 0.15) is 0 Å². The third-order valence-electron chi connectivity index (χ3n) is 5.16. The lowest BCUT2D eigenvalue weighted by atomic mass is 10.2. The Morgan fingerprint density at radius 1 is 0.971 bits per heavy atom. The van der Waals surface area contributed by atoms with Crippen LogP contribution in [0, 0.1) is 0 Å². The summed E-state index contributed by atoms with van der Waals surface area (Å²) in [5.74, 6) is -0.561. The Labute approximate surface area is 210 Å². The van der Waals surface area contributed by atoms with E-state index in [0.29, 0.717) is 18.8 Å². The van der Waals surface area contributed by atoms with Crippen molar-refractivity contribution in [3.05, 3.63) is 82.6 Å². The fraction of sp³-hybridized carbons (Fsp3) is 0.280. The number of sulfonamides is 1. The van der Waals surface area contributed by atoms with E-state index in [1.807, 2.05) is 47.8 Å². The number of ether oxygens (including phenoxy) is 1. The van der Waals surface area contributed by atoms with Crippen molar-refractivity contribution in [2.45, 2.75) is 24.9 Å². The first-order valence-corrected chi connectivity index (χ1v) is 13.3. The van der Waals surface area contributed by atoms with Crippen LogP contribution in [-0.4, -0.2) is 56.2 Å². The number of carbonyl (C=O) groups excluding carboxylic acids is 2. The third-order valence-corrected chi connectivity index (χ3v) is 7.89. The summed E-state index contributed by atoms with van der Waals surface area (Å²) >= 11 is 1.54. The molecule has 0 aliphatic rings. The SMILES string of the molecule is COCCN(CC(=O)N(Cc1ccccc1)Cc1cccs1)S(=O)(=O)c1ccc(NC(C)=O)cc1. The Kier molecular flexibility index (Phi) is 9.55. The van der Waals surface area contributed by atoms with Crippen molar-refractivity contribution in [1.29, 1.82) is 0 Å². The van der Waals surface area contributed by atoms with Crippen LogP contribution < -0.4 is 5.32 Å². The van der Waals surface area contributed by atoms with Gasteiger partial charge in [-0.2, -0.15) is 4.31 Å². The maximum Gasteiger partial charge on any atom is 0.243 e. The molecule has 10 heteroatoms. The second kappa shape index (κ2) is 12.6. The quantitative estimate of drug-likeness (QED) is 0.398. The molecule has 0 bridgehead atoms. The van der Waals surface area contributed by atoms with E-state index < -0.39 is 10.0 Å². The number of hydrogen-bond donors (Lipinski definition) is 1. The minimum Gasteiger partial charge on any atom is -0.383 e. The largest absolute Gasteiger partial charge is 0.383 e. The highest BCUT2D eigenvalue weighted by molar-refractivity contribution is 7.89. The van der Waals surface area contributed by atoms with Gasteiger partial charge in [-0.25, -0.2) is 8.42 Å². The molecule has 0 aliphatic carbocycles. The summed E-state index contributed by atoms with van der Waals surface area (Å²) in [6.07, 6.45) is 0. The molecule has 1 aromatic heterocycles. The predicted molar refractivity (Wildman–Crippen MR) is 136 cm³/mol. The molecule has 2 aromatic carbocycles. The van der Waals surface area contributed by atoms with Crippen LogP contribution in [0.4, 0.5) is 5.69 Å². The van der Waals surface area contributed by atoms with Gasteiger partial charge in [0, 0.05) is 37.7 Å². The molecule has 35 heavy (non-hydrogen) atoms. The van der Waals surface area contributed by atoms with Gasteiger partial charge in [0.25, 0.3) is 0 Å². The van der Waals surface area contributed by atoms with Crippen molar-refractivity contribution in [3.8, 4) is 0 Å². The van der Waals surface area contributed by atoms with E-state index >= 15 is 0 Å². The number of thiophene rings is 1. The van der Waals surface area contributed by atoms with Gasteiger partial charge >= 0.3 is 0 Å². The highest BCUT2D eigenvalue weighted by atomic mass is 32.2. The molecule has 0 radical (unpaired) electrons. The molecule has 2 amide bonds. The van der Waals surface area contributed by atoms with Crippen molar-refractivity contribution in [1.82, 2.24) is 9.21 Å². The lowest BCUT2D eigenvalue weighted by molar-refractivity contribution is -0.132. The van der Waals surface area contributed by atoms with Crippen LogP contribution in [-0.2, 0) is 37.4 Å². The molecule has 186 valence electrons. The van der Waals surface area contributed by atoms with Crippen LogP contribution in [0.1, 0.15) is 17.4 Å². The average Bonchev–Trinajstić information content (AvgIpc) is 3.35. The number of carbonyl (C=O) groups is 2. The van der Waals surface area contributed by atoms with E-state index in [0.717, 1.165) is 14.7 Å².